The first kappa shape index (κ1) is 14.9. The molecule has 0 fully saturated rings. The molecule has 2 N–H and O–H groups in total. The van der Waals surface area contributed by atoms with Crippen molar-refractivity contribution in [2.75, 3.05) is 0 Å². The first-order chi connectivity index (χ1) is 12.3. The molecule has 0 atom stereocenters. The number of H-pyrrole nitrogens is 1. The molecule has 25 heavy (non-hydrogen) atoms. The third kappa shape index (κ3) is 3.05. The summed E-state index contributed by atoms with van der Waals surface area (Å²) < 4.78 is 10.5. The molecule has 3 aromatic heterocycles. The molecule has 0 saturated carbocycles. The highest BCUT2D eigenvalue weighted by Crippen LogP contribution is 2.21. The van der Waals surface area contributed by atoms with Crippen LogP contribution in [0.15, 0.2) is 64.0 Å². The highest BCUT2D eigenvalue weighted by Gasteiger charge is 2.15. The predicted octanol–water partition coefficient (Wildman–Crippen LogP) is 2.65. The van der Waals surface area contributed by atoms with Crippen LogP contribution in [0.25, 0.3) is 22.9 Å². The highest BCUT2D eigenvalue weighted by molar-refractivity contribution is 6.00. The second-order valence-corrected chi connectivity index (χ2v) is 5.22. The van der Waals surface area contributed by atoms with Crippen molar-refractivity contribution in [2.45, 2.75) is 6.54 Å². The molecule has 0 aliphatic rings. The van der Waals surface area contributed by atoms with Gasteiger partial charge in [0.1, 0.15) is 12.0 Å². The largest absolute Gasteiger partial charge is 0.461 e. The van der Waals surface area contributed by atoms with Crippen molar-refractivity contribution < 1.29 is 13.7 Å². The number of carbonyl (C=O) groups excluding carboxylic acids is 1. The van der Waals surface area contributed by atoms with Gasteiger partial charge in [-0.3, -0.25) is 9.89 Å². The molecule has 0 aliphatic carbocycles. The van der Waals surface area contributed by atoms with E-state index in [1.165, 1.54) is 6.33 Å². The highest BCUT2D eigenvalue weighted by atomic mass is 16.5. The summed E-state index contributed by atoms with van der Waals surface area (Å²) in [7, 11) is 0. The summed E-state index contributed by atoms with van der Waals surface area (Å²) in [5.74, 6) is 1.39. The summed E-state index contributed by atoms with van der Waals surface area (Å²) in [6.07, 6.45) is 2.95. The zero-order valence-electron chi connectivity index (χ0n) is 13.0. The summed E-state index contributed by atoms with van der Waals surface area (Å²) in [6, 6.07) is 12.4. The van der Waals surface area contributed by atoms with Crippen LogP contribution >= 0.6 is 0 Å². The van der Waals surface area contributed by atoms with E-state index in [2.05, 4.69) is 25.7 Å². The molecule has 1 amide bonds. The van der Waals surface area contributed by atoms with Gasteiger partial charge in [-0.05, 0) is 18.2 Å². The molecule has 124 valence electrons. The predicted molar refractivity (Wildman–Crippen MR) is 87.2 cm³/mol. The van der Waals surface area contributed by atoms with Gasteiger partial charge < -0.3 is 14.3 Å². The smallest absolute Gasteiger partial charge is 0.252 e. The summed E-state index contributed by atoms with van der Waals surface area (Å²) in [5, 5.41) is 13.3. The van der Waals surface area contributed by atoms with Gasteiger partial charge in [-0.2, -0.15) is 5.10 Å². The molecule has 0 unspecified atom stereocenters. The van der Waals surface area contributed by atoms with Crippen molar-refractivity contribution in [2.24, 2.45) is 0 Å². The standard InChI is InChI=1S/C17H13N5O3/c23-17(13-5-2-1-4-12(13)16-19-10-20-21-16)18-9-11-8-15(25-22-11)14-6-3-7-24-14/h1-8,10H,9H2,(H,18,23)(H,19,20,21). The minimum atomic E-state index is -0.241. The van der Waals surface area contributed by atoms with Crippen molar-refractivity contribution in [3.63, 3.8) is 0 Å². The zero-order valence-corrected chi connectivity index (χ0v) is 13.0. The molecular formula is C17H13N5O3. The van der Waals surface area contributed by atoms with Crippen molar-refractivity contribution in [3.8, 4) is 22.9 Å². The maximum atomic E-state index is 12.5. The third-order valence-electron chi connectivity index (χ3n) is 3.59. The zero-order chi connectivity index (χ0) is 17.1. The van der Waals surface area contributed by atoms with Gasteiger partial charge in [0.25, 0.3) is 5.91 Å². The summed E-state index contributed by atoms with van der Waals surface area (Å²) in [6.45, 7) is 0.230. The number of furan rings is 1. The molecule has 0 radical (unpaired) electrons. The summed E-state index contributed by atoms with van der Waals surface area (Å²) >= 11 is 0. The maximum absolute atomic E-state index is 12.5. The van der Waals surface area contributed by atoms with Gasteiger partial charge in [-0.15, -0.1) is 0 Å². The van der Waals surface area contributed by atoms with Crippen molar-refractivity contribution in [1.29, 1.82) is 0 Å². The van der Waals surface area contributed by atoms with Crippen LogP contribution in [0.2, 0.25) is 0 Å². The van der Waals surface area contributed by atoms with Gasteiger partial charge in [-0.25, -0.2) is 4.98 Å². The number of rotatable bonds is 5. The molecule has 8 heteroatoms. The van der Waals surface area contributed by atoms with E-state index in [-0.39, 0.29) is 12.5 Å². The second-order valence-electron chi connectivity index (χ2n) is 5.22. The van der Waals surface area contributed by atoms with Crippen LogP contribution < -0.4 is 5.32 Å². The lowest BCUT2D eigenvalue weighted by Crippen LogP contribution is -2.23. The minimum absolute atomic E-state index is 0.230. The number of hydrogen-bond acceptors (Lipinski definition) is 6. The number of nitrogens with one attached hydrogen (secondary N) is 2. The maximum Gasteiger partial charge on any atom is 0.252 e. The van der Waals surface area contributed by atoms with Gasteiger partial charge in [0.15, 0.2) is 11.6 Å². The fourth-order valence-electron chi connectivity index (χ4n) is 2.42. The Balaban J connectivity index is 1.48. The monoisotopic (exact) mass is 335 g/mol. The van der Waals surface area contributed by atoms with Gasteiger partial charge in [-0.1, -0.05) is 23.4 Å². The normalized spacial score (nSPS) is 10.7. The summed E-state index contributed by atoms with van der Waals surface area (Å²) in [5.41, 5.74) is 1.76. The van der Waals surface area contributed by atoms with E-state index < -0.39 is 0 Å². The Morgan fingerprint density at radius 1 is 1.16 bits per heavy atom. The van der Waals surface area contributed by atoms with Gasteiger partial charge in [0, 0.05) is 11.6 Å². The van der Waals surface area contributed by atoms with Crippen LogP contribution in [0.3, 0.4) is 0 Å². The number of carbonyl (C=O) groups is 1. The van der Waals surface area contributed by atoms with Crippen LogP contribution in [0, 0.1) is 0 Å². The number of hydrogen-bond donors (Lipinski definition) is 2. The Bertz CT molecular complexity index is 974. The van der Waals surface area contributed by atoms with E-state index >= 15 is 0 Å². The van der Waals surface area contributed by atoms with Crippen LogP contribution in [0.4, 0.5) is 0 Å². The minimum Gasteiger partial charge on any atom is -0.461 e. The Morgan fingerprint density at radius 3 is 2.88 bits per heavy atom. The first-order valence-corrected chi connectivity index (χ1v) is 7.54. The van der Waals surface area contributed by atoms with Crippen LogP contribution in [-0.2, 0) is 6.54 Å². The first-order valence-electron chi connectivity index (χ1n) is 7.54. The molecule has 0 bridgehead atoms. The van der Waals surface area contributed by atoms with E-state index in [9.17, 15) is 4.79 Å². The Labute approximate surface area is 141 Å². The average molecular weight is 335 g/mol. The Kier molecular flexibility index (Phi) is 3.83. The number of aromatic nitrogens is 4. The third-order valence-corrected chi connectivity index (χ3v) is 3.59. The summed E-state index contributed by atoms with van der Waals surface area (Å²) in [4.78, 5) is 16.6. The molecule has 3 heterocycles. The number of aromatic amines is 1. The van der Waals surface area contributed by atoms with Crippen molar-refractivity contribution >= 4 is 5.91 Å². The van der Waals surface area contributed by atoms with E-state index in [0.29, 0.717) is 34.2 Å². The van der Waals surface area contributed by atoms with E-state index in [4.69, 9.17) is 8.94 Å². The second kappa shape index (κ2) is 6.44. The lowest BCUT2D eigenvalue weighted by atomic mass is 10.1. The number of nitrogens with zero attached hydrogens (tertiary/aromatic N) is 3. The lowest BCUT2D eigenvalue weighted by molar-refractivity contribution is 0.0950. The fraction of sp³-hybridized carbons (Fsp3) is 0.0588. The quantitative estimate of drug-likeness (QED) is 0.580. The molecule has 0 saturated heterocycles. The van der Waals surface area contributed by atoms with E-state index in [1.807, 2.05) is 6.07 Å². The van der Waals surface area contributed by atoms with Crippen molar-refractivity contribution in [1.82, 2.24) is 25.7 Å². The number of benzene rings is 1. The van der Waals surface area contributed by atoms with Crippen LogP contribution in [0.1, 0.15) is 16.1 Å². The van der Waals surface area contributed by atoms with Gasteiger partial charge >= 0.3 is 0 Å². The molecule has 4 aromatic rings. The topological polar surface area (TPSA) is 110 Å². The molecular weight excluding hydrogens is 322 g/mol. The van der Waals surface area contributed by atoms with Gasteiger partial charge in [0.2, 0.25) is 5.76 Å². The molecule has 0 spiro atoms. The van der Waals surface area contributed by atoms with E-state index in [1.54, 1.807) is 42.7 Å². The van der Waals surface area contributed by atoms with Crippen LogP contribution in [0.5, 0.6) is 0 Å². The Morgan fingerprint density at radius 2 is 2.08 bits per heavy atom. The molecule has 8 nitrogen and oxygen atoms in total. The molecule has 1 aromatic carbocycles. The van der Waals surface area contributed by atoms with E-state index in [0.717, 1.165) is 0 Å². The van der Waals surface area contributed by atoms with Crippen LogP contribution in [-0.4, -0.2) is 26.2 Å². The Hall–Kier alpha value is -3.68. The fourth-order valence-corrected chi connectivity index (χ4v) is 2.42. The lowest BCUT2D eigenvalue weighted by Gasteiger charge is -2.07. The molecule has 0 aliphatic heterocycles. The molecule has 4 rings (SSSR count). The van der Waals surface area contributed by atoms with Gasteiger partial charge in [0.05, 0.1) is 18.4 Å². The average Bonchev–Trinajstić information content (AvgIpc) is 3.41. The van der Waals surface area contributed by atoms with Crippen molar-refractivity contribution in [3.05, 3.63) is 66.3 Å². The SMILES string of the molecule is O=C(NCc1cc(-c2ccco2)on1)c1ccccc1-c1ncn[nH]1. The number of amides is 1.